The predicted molar refractivity (Wildman–Crippen MR) is 153 cm³/mol. The van der Waals surface area contributed by atoms with Crippen molar-refractivity contribution in [2.24, 2.45) is 5.92 Å². The summed E-state index contributed by atoms with van der Waals surface area (Å²) in [5, 5.41) is 6.16. The Kier molecular flexibility index (Phi) is 8.84. The van der Waals surface area contributed by atoms with Crippen molar-refractivity contribution >= 4 is 29.0 Å². The third kappa shape index (κ3) is 6.68. The normalized spacial score (nSPS) is 16.8. The molecule has 7 heteroatoms. The van der Waals surface area contributed by atoms with Gasteiger partial charge in [-0.3, -0.25) is 14.7 Å². The number of aromatic nitrogens is 2. The standard InChI is InChI=1S/C31H38N4O2S/c1-22-14-15-26(18-25(22)19-29-34-28(21-38-29)24-11-8-16-32-20-24)33-31(37)35(27-12-6-3-7-13-27)30(36)17-23-9-4-2-5-10-23/h8,11,14-16,18,20-21,23,27H,2-7,9-10,12-13,17,19H2,1H3,(H,33,37). The van der Waals surface area contributed by atoms with Crippen LogP contribution in [0.2, 0.25) is 0 Å². The Bertz CT molecular complexity index is 1230. The highest BCUT2D eigenvalue weighted by atomic mass is 32.1. The van der Waals surface area contributed by atoms with Gasteiger partial charge in [-0.15, -0.1) is 11.3 Å². The van der Waals surface area contributed by atoms with Crippen LogP contribution in [0.25, 0.3) is 11.3 Å². The number of amides is 3. The molecular formula is C31H38N4O2S. The number of hydrogen-bond acceptors (Lipinski definition) is 5. The molecule has 3 aromatic rings. The first-order chi connectivity index (χ1) is 18.6. The van der Waals surface area contributed by atoms with Gasteiger partial charge in [-0.2, -0.15) is 0 Å². The van der Waals surface area contributed by atoms with E-state index in [9.17, 15) is 9.59 Å². The second kappa shape index (κ2) is 12.7. The van der Waals surface area contributed by atoms with E-state index in [1.807, 2.05) is 36.5 Å². The van der Waals surface area contributed by atoms with Gasteiger partial charge in [0.15, 0.2) is 0 Å². The Hall–Kier alpha value is -3.06. The van der Waals surface area contributed by atoms with Crippen LogP contribution in [-0.2, 0) is 11.2 Å². The number of imide groups is 1. The fourth-order valence-electron chi connectivity index (χ4n) is 5.88. The van der Waals surface area contributed by atoms with Crippen molar-refractivity contribution in [1.82, 2.24) is 14.9 Å². The van der Waals surface area contributed by atoms with Crippen LogP contribution >= 0.6 is 11.3 Å². The molecule has 2 aliphatic carbocycles. The monoisotopic (exact) mass is 530 g/mol. The van der Waals surface area contributed by atoms with Crippen molar-refractivity contribution in [3.63, 3.8) is 0 Å². The molecule has 0 bridgehead atoms. The van der Waals surface area contributed by atoms with Crippen molar-refractivity contribution in [3.8, 4) is 11.3 Å². The minimum Gasteiger partial charge on any atom is -0.307 e. The van der Waals surface area contributed by atoms with Crippen molar-refractivity contribution in [3.05, 3.63) is 64.2 Å². The Morgan fingerprint density at radius 2 is 1.79 bits per heavy atom. The quantitative estimate of drug-likeness (QED) is 0.339. The number of nitrogens with one attached hydrogen (secondary N) is 1. The number of aryl methyl sites for hydroxylation is 1. The number of hydrogen-bond donors (Lipinski definition) is 1. The average Bonchev–Trinajstić information content (AvgIpc) is 3.41. The van der Waals surface area contributed by atoms with Crippen LogP contribution in [0.3, 0.4) is 0 Å². The first-order valence-corrected chi connectivity index (χ1v) is 15.0. The lowest BCUT2D eigenvalue weighted by Gasteiger charge is -2.34. The lowest BCUT2D eigenvalue weighted by molar-refractivity contribution is -0.131. The summed E-state index contributed by atoms with van der Waals surface area (Å²) < 4.78 is 0. The maximum atomic E-state index is 13.6. The van der Waals surface area contributed by atoms with Gasteiger partial charge in [0.2, 0.25) is 5.91 Å². The number of thiazole rings is 1. The number of urea groups is 1. The summed E-state index contributed by atoms with van der Waals surface area (Å²) in [6, 6.07) is 9.66. The molecular weight excluding hydrogens is 492 g/mol. The molecule has 2 heterocycles. The fourth-order valence-corrected chi connectivity index (χ4v) is 6.71. The lowest BCUT2D eigenvalue weighted by atomic mass is 9.86. The number of nitrogens with zero attached hydrogens (tertiary/aromatic N) is 3. The Balaban J connectivity index is 1.29. The number of rotatable bonds is 7. The van der Waals surface area contributed by atoms with Crippen LogP contribution in [0, 0.1) is 12.8 Å². The first kappa shape index (κ1) is 26.5. The molecule has 200 valence electrons. The van der Waals surface area contributed by atoms with E-state index in [1.165, 1.54) is 25.7 Å². The summed E-state index contributed by atoms with van der Waals surface area (Å²) in [5.74, 6) is 0.412. The van der Waals surface area contributed by atoms with Gasteiger partial charge in [-0.1, -0.05) is 44.6 Å². The first-order valence-electron chi connectivity index (χ1n) is 14.1. The number of anilines is 1. The molecule has 2 aromatic heterocycles. The Labute approximate surface area is 229 Å². The molecule has 1 N–H and O–H groups in total. The number of carbonyl (C=O) groups is 2. The molecule has 2 fully saturated rings. The van der Waals surface area contributed by atoms with Gasteiger partial charge >= 0.3 is 6.03 Å². The maximum Gasteiger partial charge on any atom is 0.328 e. The molecule has 0 spiro atoms. The molecule has 1 aromatic carbocycles. The van der Waals surface area contributed by atoms with E-state index in [-0.39, 0.29) is 18.0 Å². The molecule has 2 saturated carbocycles. The van der Waals surface area contributed by atoms with E-state index in [0.29, 0.717) is 18.8 Å². The van der Waals surface area contributed by atoms with Gasteiger partial charge in [0, 0.05) is 47.9 Å². The van der Waals surface area contributed by atoms with Crippen LogP contribution in [0.4, 0.5) is 10.5 Å². The molecule has 0 aliphatic heterocycles. The zero-order valence-corrected chi connectivity index (χ0v) is 23.1. The molecule has 38 heavy (non-hydrogen) atoms. The molecule has 2 aliphatic rings. The minimum atomic E-state index is -0.277. The molecule has 0 unspecified atom stereocenters. The smallest absolute Gasteiger partial charge is 0.307 e. The third-order valence-corrected chi connectivity index (χ3v) is 8.92. The van der Waals surface area contributed by atoms with Crippen LogP contribution in [0.1, 0.15) is 86.8 Å². The van der Waals surface area contributed by atoms with Gasteiger partial charge in [-0.25, -0.2) is 9.78 Å². The zero-order valence-electron chi connectivity index (χ0n) is 22.3. The summed E-state index contributed by atoms with van der Waals surface area (Å²) in [6.45, 7) is 2.08. The van der Waals surface area contributed by atoms with E-state index in [1.54, 1.807) is 22.4 Å². The number of carbonyl (C=O) groups excluding carboxylic acids is 2. The van der Waals surface area contributed by atoms with Crippen molar-refractivity contribution < 1.29 is 9.59 Å². The van der Waals surface area contributed by atoms with Crippen LogP contribution in [0.5, 0.6) is 0 Å². The molecule has 0 saturated heterocycles. The molecule has 0 atom stereocenters. The Morgan fingerprint density at radius 1 is 1.03 bits per heavy atom. The highest BCUT2D eigenvalue weighted by molar-refractivity contribution is 7.10. The summed E-state index contributed by atoms with van der Waals surface area (Å²) in [6.07, 6.45) is 15.8. The molecule has 3 amide bonds. The van der Waals surface area contributed by atoms with Crippen LogP contribution in [0.15, 0.2) is 48.1 Å². The summed E-state index contributed by atoms with van der Waals surface area (Å²) in [7, 11) is 0. The third-order valence-electron chi connectivity index (χ3n) is 8.07. The molecule has 5 rings (SSSR count). The van der Waals surface area contributed by atoms with Gasteiger partial charge in [0.25, 0.3) is 0 Å². The zero-order chi connectivity index (χ0) is 26.3. The van der Waals surface area contributed by atoms with Crippen LogP contribution in [-0.4, -0.2) is 32.8 Å². The molecule has 6 nitrogen and oxygen atoms in total. The second-order valence-electron chi connectivity index (χ2n) is 10.9. The maximum absolute atomic E-state index is 13.6. The van der Waals surface area contributed by atoms with Gasteiger partial charge in [0.1, 0.15) is 0 Å². The van der Waals surface area contributed by atoms with E-state index in [2.05, 4.69) is 22.6 Å². The van der Waals surface area contributed by atoms with Gasteiger partial charge in [-0.05, 0) is 73.9 Å². The van der Waals surface area contributed by atoms with Crippen molar-refractivity contribution in [1.29, 1.82) is 0 Å². The summed E-state index contributed by atoms with van der Waals surface area (Å²) in [5.41, 5.74) is 4.94. The highest BCUT2D eigenvalue weighted by Crippen LogP contribution is 2.30. The number of benzene rings is 1. The highest BCUT2D eigenvalue weighted by Gasteiger charge is 2.32. The van der Waals surface area contributed by atoms with Crippen molar-refractivity contribution in [2.45, 2.75) is 90.0 Å². The predicted octanol–water partition coefficient (Wildman–Crippen LogP) is 7.77. The van der Waals surface area contributed by atoms with Gasteiger partial charge < -0.3 is 5.32 Å². The summed E-state index contributed by atoms with van der Waals surface area (Å²) >= 11 is 1.63. The Morgan fingerprint density at radius 3 is 2.53 bits per heavy atom. The topological polar surface area (TPSA) is 75.2 Å². The molecule has 0 radical (unpaired) electrons. The average molecular weight is 531 g/mol. The van der Waals surface area contributed by atoms with Crippen molar-refractivity contribution in [2.75, 3.05) is 5.32 Å². The van der Waals surface area contributed by atoms with Crippen LogP contribution < -0.4 is 5.32 Å². The number of pyridine rings is 1. The van der Waals surface area contributed by atoms with E-state index in [0.717, 1.165) is 71.6 Å². The van der Waals surface area contributed by atoms with E-state index >= 15 is 0 Å². The van der Waals surface area contributed by atoms with Gasteiger partial charge in [0.05, 0.1) is 10.7 Å². The van der Waals surface area contributed by atoms with E-state index in [4.69, 9.17) is 4.98 Å². The SMILES string of the molecule is Cc1ccc(NC(=O)N(C(=O)CC2CCCCC2)C2CCCCC2)cc1Cc1nc(-c2cccnc2)cs1. The second-order valence-corrected chi connectivity index (χ2v) is 11.8. The lowest BCUT2D eigenvalue weighted by Crippen LogP contribution is -2.48. The largest absolute Gasteiger partial charge is 0.328 e. The summed E-state index contributed by atoms with van der Waals surface area (Å²) in [4.78, 5) is 37.7. The minimum absolute atomic E-state index is 0.000600. The van der Waals surface area contributed by atoms with E-state index < -0.39 is 0 Å². The fraction of sp³-hybridized carbons (Fsp3) is 0.484.